The Labute approximate surface area is 76.2 Å². The van der Waals surface area contributed by atoms with Crippen LogP contribution in [0.3, 0.4) is 0 Å². The van der Waals surface area contributed by atoms with Crippen molar-refractivity contribution >= 4 is 12.2 Å². The van der Waals surface area contributed by atoms with Crippen molar-refractivity contribution in [1.29, 1.82) is 0 Å². The molecule has 12 heavy (non-hydrogen) atoms. The standard InChI is InChI=1S/C8H11N3S/c1-5-6-4-9-3-2-7(6)11-8(12)10-5/h9H,2-4H2,1H3,(H,10,11,12). The lowest BCUT2D eigenvalue weighted by Crippen LogP contribution is -2.25. The van der Waals surface area contributed by atoms with Gasteiger partial charge in [-0.2, -0.15) is 0 Å². The van der Waals surface area contributed by atoms with Gasteiger partial charge in [-0.05, 0) is 19.1 Å². The summed E-state index contributed by atoms with van der Waals surface area (Å²) in [5, 5.41) is 3.31. The van der Waals surface area contributed by atoms with Crippen LogP contribution in [-0.4, -0.2) is 16.5 Å². The topological polar surface area (TPSA) is 40.7 Å². The molecule has 1 aromatic heterocycles. The van der Waals surface area contributed by atoms with E-state index < -0.39 is 0 Å². The van der Waals surface area contributed by atoms with Gasteiger partial charge >= 0.3 is 0 Å². The summed E-state index contributed by atoms with van der Waals surface area (Å²) in [6.07, 6.45) is 0.995. The van der Waals surface area contributed by atoms with Gasteiger partial charge in [0.15, 0.2) is 4.77 Å². The molecule has 1 aliphatic heterocycles. The van der Waals surface area contributed by atoms with E-state index in [9.17, 15) is 0 Å². The number of nitrogens with zero attached hydrogens (tertiary/aromatic N) is 1. The lowest BCUT2D eigenvalue weighted by atomic mass is 10.1. The Morgan fingerprint density at radius 2 is 2.33 bits per heavy atom. The van der Waals surface area contributed by atoms with Gasteiger partial charge in [0.05, 0.1) is 5.69 Å². The van der Waals surface area contributed by atoms with Crippen molar-refractivity contribution in [3.63, 3.8) is 0 Å². The van der Waals surface area contributed by atoms with Crippen LogP contribution >= 0.6 is 12.2 Å². The Morgan fingerprint density at radius 3 is 3.17 bits per heavy atom. The van der Waals surface area contributed by atoms with Gasteiger partial charge in [-0.1, -0.05) is 0 Å². The van der Waals surface area contributed by atoms with Crippen LogP contribution < -0.4 is 5.32 Å². The summed E-state index contributed by atoms with van der Waals surface area (Å²) in [5.41, 5.74) is 3.60. The van der Waals surface area contributed by atoms with Crippen LogP contribution in [0, 0.1) is 11.7 Å². The summed E-state index contributed by atoms with van der Waals surface area (Å²) < 4.78 is 0.605. The van der Waals surface area contributed by atoms with Gasteiger partial charge in [0.1, 0.15) is 0 Å². The van der Waals surface area contributed by atoms with Crippen LogP contribution in [0.25, 0.3) is 0 Å². The lowest BCUT2D eigenvalue weighted by molar-refractivity contribution is 0.619. The monoisotopic (exact) mass is 181 g/mol. The molecule has 2 N–H and O–H groups in total. The Balaban J connectivity index is 2.60. The molecule has 0 atom stereocenters. The van der Waals surface area contributed by atoms with Crippen LogP contribution in [0.5, 0.6) is 0 Å². The quantitative estimate of drug-likeness (QED) is 0.589. The van der Waals surface area contributed by atoms with E-state index in [0.717, 1.165) is 30.9 Å². The molecule has 0 saturated carbocycles. The summed E-state index contributed by atoms with van der Waals surface area (Å²) in [7, 11) is 0. The van der Waals surface area contributed by atoms with Crippen molar-refractivity contribution in [3.8, 4) is 0 Å². The highest BCUT2D eigenvalue weighted by Gasteiger charge is 2.11. The number of aromatic amines is 1. The third-order valence-corrected chi connectivity index (χ3v) is 2.37. The van der Waals surface area contributed by atoms with Gasteiger partial charge in [-0.25, -0.2) is 4.98 Å². The summed E-state index contributed by atoms with van der Waals surface area (Å²) in [6, 6.07) is 0. The highest BCUT2D eigenvalue weighted by atomic mass is 32.1. The summed E-state index contributed by atoms with van der Waals surface area (Å²) in [5.74, 6) is 0. The van der Waals surface area contributed by atoms with Crippen molar-refractivity contribution in [1.82, 2.24) is 15.3 Å². The number of fused-ring (bicyclic) bond motifs is 1. The number of aromatic nitrogens is 2. The molecule has 0 unspecified atom stereocenters. The van der Waals surface area contributed by atoms with Crippen molar-refractivity contribution in [2.24, 2.45) is 0 Å². The molecule has 0 bridgehead atoms. The highest BCUT2D eigenvalue weighted by Crippen LogP contribution is 2.13. The molecule has 1 aromatic rings. The Bertz CT molecular complexity index is 356. The summed E-state index contributed by atoms with van der Waals surface area (Å²) in [4.78, 5) is 7.36. The van der Waals surface area contributed by atoms with Crippen LogP contribution in [0.1, 0.15) is 17.0 Å². The van der Waals surface area contributed by atoms with Gasteiger partial charge in [0.2, 0.25) is 0 Å². The minimum Gasteiger partial charge on any atom is -0.334 e. The molecule has 64 valence electrons. The smallest absolute Gasteiger partial charge is 0.197 e. The fraction of sp³-hybridized carbons (Fsp3) is 0.500. The first kappa shape index (κ1) is 7.89. The molecular formula is C8H11N3S. The second-order valence-corrected chi connectivity index (χ2v) is 3.41. The zero-order valence-electron chi connectivity index (χ0n) is 6.98. The third-order valence-electron chi connectivity index (χ3n) is 2.17. The van der Waals surface area contributed by atoms with Crippen molar-refractivity contribution in [2.75, 3.05) is 6.54 Å². The molecular weight excluding hydrogens is 170 g/mol. The van der Waals surface area contributed by atoms with Crippen LogP contribution in [0.15, 0.2) is 0 Å². The number of hydrogen-bond donors (Lipinski definition) is 2. The van der Waals surface area contributed by atoms with Crippen molar-refractivity contribution in [3.05, 3.63) is 21.7 Å². The third kappa shape index (κ3) is 1.28. The molecule has 2 rings (SSSR count). The number of H-pyrrole nitrogens is 1. The molecule has 0 fully saturated rings. The minimum absolute atomic E-state index is 0.605. The average molecular weight is 181 g/mol. The maximum atomic E-state index is 5.00. The number of aryl methyl sites for hydroxylation is 1. The van der Waals surface area contributed by atoms with Gasteiger partial charge in [-0.3, -0.25) is 0 Å². The van der Waals surface area contributed by atoms with Crippen LogP contribution in [0.4, 0.5) is 0 Å². The second-order valence-electron chi connectivity index (χ2n) is 3.02. The van der Waals surface area contributed by atoms with Crippen LogP contribution in [-0.2, 0) is 13.0 Å². The molecule has 2 heterocycles. The Morgan fingerprint density at radius 1 is 1.50 bits per heavy atom. The molecule has 1 aliphatic rings. The predicted molar refractivity (Wildman–Crippen MR) is 49.6 cm³/mol. The maximum absolute atomic E-state index is 5.00. The minimum atomic E-state index is 0.605. The zero-order chi connectivity index (χ0) is 8.55. The normalized spacial score (nSPS) is 15.8. The van der Waals surface area contributed by atoms with Gasteiger partial charge in [0.25, 0.3) is 0 Å². The van der Waals surface area contributed by atoms with E-state index in [1.807, 2.05) is 6.92 Å². The van der Waals surface area contributed by atoms with Gasteiger partial charge < -0.3 is 10.3 Å². The van der Waals surface area contributed by atoms with E-state index in [2.05, 4.69) is 15.3 Å². The second kappa shape index (κ2) is 2.95. The summed E-state index contributed by atoms with van der Waals surface area (Å²) in [6.45, 7) is 3.97. The molecule has 0 spiro atoms. The number of rotatable bonds is 0. The molecule has 4 heteroatoms. The number of hydrogen-bond acceptors (Lipinski definition) is 3. The first-order valence-corrected chi connectivity index (χ1v) is 4.47. The van der Waals surface area contributed by atoms with Gasteiger partial charge in [-0.15, -0.1) is 0 Å². The van der Waals surface area contributed by atoms with Crippen molar-refractivity contribution < 1.29 is 0 Å². The van der Waals surface area contributed by atoms with E-state index in [0.29, 0.717) is 4.77 Å². The first-order valence-electron chi connectivity index (χ1n) is 4.07. The molecule has 0 saturated heterocycles. The van der Waals surface area contributed by atoms with E-state index >= 15 is 0 Å². The fourth-order valence-corrected chi connectivity index (χ4v) is 1.80. The number of nitrogens with one attached hydrogen (secondary N) is 2. The van der Waals surface area contributed by atoms with Crippen molar-refractivity contribution in [2.45, 2.75) is 19.9 Å². The molecule has 0 aromatic carbocycles. The van der Waals surface area contributed by atoms with Gasteiger partial charge in [0, 0.05) is 30.8 Å². The van der Waals surface area contributed by atoms with E-state index in [1.165, 1.54) is 5.56 Å². The van der Waals surface area contributed by atoms with Crippen LogP contribution in [0.2, 0.25) is 0 Å². The zero-order valence-corrected chi connectivity index (χ0v) is 7.79. The highest BCUT2D eigenvalue weighted by molar-refractivity contribution is 7.71. The summed E-state index contributed by atoms with van der Waals surface area (Å²) >= 11 is 5.00. The van der Waals surface area contributed by atoms with E-state index in [1.54, 1.807) is 0 Å². The maximum Gasteiger partial charge on any atom is 0.197 e. The predicted octanol–water partition coefficient (Wildman–Crippen LogP) is 1.09. The largest absolute Gasteiger partial charge is 0.334 e. The Hall–Kier alpha value is -0.740. The lowest BCUT2D eigenvalue weighted by Gasteiger charge is -2.17. The molecule has 0 amide bonds. The molecule has 0 radical (unpaired) electrons. The fourth-order valence-electron chi connectivity index (χ4n) is 1.53. The average Bonchev–Trinajstić information content (AvgIpc) is 2.04. The molecule has 3 nitrogen and oxygen atoms in total. The SMILES string of the molecule is Cc1[nH]c(=S)nc2c1CNCC2. The van der Waals surface area contributed by atoms with E-state index in [4.69, 9.17) is 12.2 Å². The Kier molecular flexibility index (Phi) is 1.94. The first-order chi connectivity index (χ1) is 5.77. The molecule has 0 aliphatic carbocycles. The van der Waals surface area contributed by atoms with E-state index in [-0.39, 0.29) is 0 Å².